The number of anilines is 1. The number of furan rings is 1. The van der Waals surface area contributed by atoms with Gasteiger partial charge in [0.25, 0.3) is 5.91 Å². The summed E-state index contributed by atoms with van der Waals surface area (Å²) >= 11 is 6.18. The van der Waals surface area contributed by atoms with E-state index in [1.165, 1.54) is 0 Å². The van der Waals surface area contributed by atoms with Crippen molar-refractivity contribution in [3.05, 3.63) is 52.7 Å². The maximum Gasteiger partial charge on any atom is 0.259 e. The van der Waals surface area contributed by atoms with Crippen LogP contribution in [-0.4, -0.2) is 20.1 Å². The molecule has 0 saturated heterocycles. The van der Waals surface area contributed by atoms with Crippen molar-refractivity contribution in [2.24, 2.45) is 0 Å². The first-order valence-corrected chi connectivity index (χ1v) is 7.63. The number of carbonyl (C=O) groups is 1. The molecule has 0 aliphatic carbocycles. The van der Waals surface area contributed by atoms with Gasteiger partial charge in [-0.25, -0.2) is 0 Å². The molecule has 0 aliphatic rings. The van der Waals surface area contributed by atoms with Gasteiger partial charge in [0.15, 0.2) is 0 Å². The number of methoxy groups -OCH3 is 2. The fourth-order valence-corrected chi connectivity index (χ4v) is 2.74. The van der Waals surface area contributed by atoms with Crippen molar-refractivity contribution in [1.82, 2.24) is 0 Å². The normalized spacial score (nSPS) is 10.7. The Kier molecular flexibility index (Phi) is 4.36. The number of benzene rings is 2. The van der Waals surface area contributed by atoms with Gasteiger partial charge in [-0.3, -0.25) is 4.79 Å². The molecule has 0 radical (unpaired) electrons. The first-order chi connectivity index (χ1) is 11.5. The van der Waals surface area contributed by atoms with Crippen molar-refractivity contribution in [2.45, 2.75) is 6.92 Å². The number of hydrogen-bond acceptors (Lipinski definition) is 4. The highest BCUT2D eigenvalue weighted by Crippen LogP contribution is 2.31. The number of hydrogen-bond donors (Lipinski definition) is 1. The maximum absolute atomic E-state index is 12.7. The maximum atomic E-state index is 12.7. The molecule has 6 heteroatoms. The molecule has 1 heterocycles. The molecule has 1 amide bonds. The quantitative estimate of drug-likeness (QED) is 0.746. The van der Waals surface area contributed by atoms with E-state index in [0.29, 0.717) is 44.5 Å². The monoisotopic (exact) mass is 345 g/mol. The molecule has 3 rings (SSSR count). The molecule has 1 N–H and O–H groups in total. The van der Waals surface area contributed by atoms with E-state index in [1.54, 1.807) is 57.5 Å². The minimum Gasteiger partial charge on any atom is -0.497 e. The molecule has 0 spiro atoms. The smallest absolute Gasteiger partial charge is 0.259 e. The lowest BCUT2D eigenvalue weighted by molar-refractivity contribution is 0.102. The van der Waals surface area contributed by atoms with Crippen LogP contribution in [0.2, 0.25) is 5.02 Å². The summed E-state index contributed by atoms with van der Waals surface area (Å²) in [6.07, 6.45) is 0. The van der Waals surface area contributed by atoms with E-state index in [2.05, 4.69) is 5.32 Å². The Balaban J connectivity index is 1.98. The highest BCUT2D eigenvalue weighted by molar-refractivity contribution is 6.34. The van der Waals surface area contributed by atoms with Crippen LogP contribution in [0.3, 0.4) is 0 Å². The SMILES string of the molecule is COc1ccc(NC(=O)c2c(C)oc3ccc(OC)cc23)c(Cl)c1. The number of fused-ring (bicyclic) bond motifs is 1. The van der Waals surface area contributed by atoms with Crippen LogP contribution >= 0.6 is 11.6 Å². The van der Waals surface area contributed by atoms with Crippen LogP contribution in [0.5, 0.6) is 11.5 Å². The lowest BCUT2D eigenvalue weighted by Crippen LogP contribution is -2.13. The first-order valence-electron chi connectivity index (χ1n) is 7.25. The molecule has 3 aromatic rings. The van der Waals surface area contributed by atoms with Crippen molar-refractivity contribution in [2.75, 3.05) is 19.5 Å². The van der Waals surface area contributed by atoms with Crippen molar-refractivity contribution in [3.63, 3.8) is 0 Å². The molecule has 0 fully saturated rings. The van der Waals surface area contributed by atoms with Gasteiger partial charge in [0, 0.05) is 11.5 Å². The van der Waals surface area contributed by atoms with Crippen molar-refractivity contribution in [3.8, 4) is 11.5 Å². The Morgan fingerprint density at radius 2 is 1.75 bits per heavy atom. The molecule has 0 atom stereocenters. The number of amides is 1. The van der Waals surface area contributed by atoms with E-state index in [9.17, 15) is 4.79 Å². The van der Waals surface area contributed by atoms with Gasteiger partial charge in [0.2, 0.25) is 0 Å². The van der Waals surface area contributed by atoms with Crippen LogP contribution in [0.1, 0.15) is 16.1 Å². The number of nitrogens with one attached hydrogen (secondary N) is 1. The Morgan fingerprint density at radius 3 is 2.42 bits per heavy atom. The second-order valence-corrected chi connectivity index (χ2v) is 5.60. The lowest BCUT2D eigenvalue weighted by Gasteiger charge is -2.08. The average molecular weight is 346 g/mol. The summed E-state index contributed by atoms with van der Waals surface area (Å²) in [4.78, 5) is 12.7. The third-order valence-electron chi connectivity index (χ3n) is 3.72. The Labute approximate surface area is 144 Å². The van der Waals surface area contributed by atoms with Crippen LogP contribution in [0, 0.1) is 6.92 Å². The zero-order valence-corrected chi connectivity index (χ0v) is 14.2. The van der Waals surface area contributed by atoms with Crippen LogP contribution in [0.4, 0.5) is 5.69 Å². The summed E-state index contributed by atoms with van der Waals surface area (Å²) in [5.74, 6) is 1.50. The minimum atomic E-state index is -0.299. The zero-order valence-electron chi connectivity index (χ0n) is 13.5. The zero-order chi connectivity index (χ0) is 17.3. The molecule has 0 aliphatic heterocycles. The first kappa shape index (κ1) is 16.2. The van der Waals surface area contributed by atoms with Crippen molar-refractivity contribution >= 4 is 34.2 Å². The topological polar surface area (TPSA) is 60.7 Å². The standard InChI is InChI=1S/C18H16ClNO4/c1-10-17(13-8-11(22-2)5-7-16(13)24-10)18(21)20-15-6-4-12(23-3)9-14(15)19/h4-9H,1-3H3,(H,20,21). The predicted molar refractivity (Wildman–Crippen MR) is 93.5 cm³/mol. The summed E-state index contributed by atoms with van der Waals surface area (Å²) in [5, 5.41) is 3.89. The number of carbonyl (C=O) groups excluding carboxylic acids is 1. The van der Waals surface area contributed by atoms with Crippen LogP contribution < -0.4 is 14.8 Å². The number of ether oxygens (including phenoxy) is 2. The average Bonchev–Trinajstić information content (AvgIpc) is 2.91. The number of aryl methyl sites for hydroxylation is 1. The van der Waals surface area contributed by atoms with Gasteiger partial charge in [-0.2, -0.15) is 0 Å². The third-order valence-corrected chi connectivity index (χ3v) is 4.04. The van der Waals surface area contributed by atoms with E-state index in [0.717, 1.165) is 0 Å². The molecule has 0 unspecified atom stereocenters. The molecule has 2 aromatic carbocycles. The second-order valence-electron chi connectivity index (χ2n) is 5.20. The summed E-state index contributed by atoms with van der Waals surface area (Å²) in [6.45, 7) is 1.75. The lowest BCUT2D eigenvalue weighted by atomic mass is 10.1. The molecule has 1 aromatic heterocycles. The largest absolute Gasteiger partial charge is 0.497 e. The van der Waals surface area contributed by atoms with E-state index >= 15 is 0 Å². The minimum absolute atomic E-state index is 0.299. The summed E-state index contributed by atoms with van der Waals surface area (Å²) in [5.41, 5.74) is 1.58. The van der Waals surface area contributed by atoms with Gasteiger partial charge < -0.3 is 19.2 Å². The third kappa shape index (κ3) is 2.90. The van der Waals surface area contributed by atoms with Crippen molar-refractivity contribution in [1.29, 1.82) is 0 Å². The molecular weight excluding hydrogens is 330 g/mol. The van der Waals surface area contributed by atoms with E-state index < -0.39 is 0 Å². The summed E-state index contributed by atoms with van der Waals surface area (Å²) in [6, 6.07) is 10.4. The predicted octanol–water partition coefficient (Wildman–Crippen LogP) is 4.66. The van der Waals surface area contributed by atoms with E-state index in [1.807, 2.05) is 0 Å². The van der Waals surface area contributed by atoms with E-state index in [4.69, 9.17) is 25.5 Å². The van der Waals surface area contributed by atoms with Gasteiger partial charge in [0.1, 0.15) is 22.8 Å². The molecule has 0 bridgehead atoms. The summed E-state index contributed by atoms with van der Waals surface area (Å²) < 4.78 is 16.0. The van der Waals surface area contributed by atoms with Gasteiger partial charge in [0.05, 0.1) is 30.5 Å². The van der Waals surface area contributed by atoms with Crippen LogP contribution in [0.15, 0.2) is 40.8 Å². The van der Waals surface area contributed by atoms with Crippen molar-refractivity contribution < 1.29 is 18.7 Å². The molecule has 124 valence electrons. The fourth-order valence-electron chi connectivity index (χ4n) is 2.52. The molecule has 0 saturated carbocycles. The highest BCUT2D eigenvalue weighted by atomic mass is 35.5. The van der Waals surface area contributed by atoms with Gasteiger partial charge in [-0.15, -0.1) is 0 Å². The molecule has 24 heavy (non-hydrogen) atoms. The Morgan fingerprint density at radius 1 is 1.08 bits per heavy atom. The molecular formula is C18H16ClNO4. The number of halogens is 1. The molecule has 5 nitrogen and oxygen atoms in total. The van der Waals surface area contributed by atoms with Gasteiger partial charge in [-0.1, -0.05) is 11.6 Å². The summed E-state index contributed by atoms with van der Waals surface area (Å²) in [7, 11) is 3.13. The Hall–Kier alpha value is -2.66. The van der Waals surface area contributed by atoms with E-state index in [-0.39, 0.29) is 5.91 Å². The highest BCUT2D eigenvalue weighted by Gasteiger charge is 2.19. The van der Waals surface area contributed by atoms with Gasteiger partial charge >= 0.3 is 0 Å². The van der Waals surface area contributed by atoms with Crippen LogP contribution in [-0.2, 0) is 0 Å². The number of rotatable bonds is 4. The van der Waals surface area contributed by atoms with Gasteiger partial charge in [-0.05, 0) is 37.3 Å². The Bertz CT molecular complexity index is 917. The fraction of sp³-hybridized carbons (Fsp3) is 0.167. The van der Waals surface area contributed by atoms with Crippen LogP contribution in [0.25, 0.3) is 11.0 Å². The second kappa shape index (κ2) is 6.45.